The molecule has 0 saturated heterocycles. The van der Waals surface area contributed by atoms with Crippen molar-refractivity contribution in [1.82, 2.24) is 40.9 Å². The number of unbranched alkanes of at least 4 members (excludes halogenated alkanes) is 5. The quantitative estimate of drug-likeness (QED) is 0.0297. The molecule has 6 amide bonds. The first-order valence-electron chi connectivity index (χ1n) is 23.9. The summed E-state index contributed by atoms with van der Waals surface area (Å²) in [7, 11) is -3.86. The molecule has 6 rings (SSSR count). The van der Waals surface area contributed by atoms with E-state index in [1.807, 2.05) is 0 Å². The molecule has 4 aromatic rings. The summed E-state index contributed by atoms with van der Waals surface area (Å²) in [5.41, 5.74) is 1.68. The van der Waals surface area contributed by atoms with Crippen LogP contribution in [0.25, 0.3) is 0 Å². The normalized spacial score (nSPS) is 14.9. The summed E-state index contributed by atoms with van der Waals surface area (Å²) in [6.07, 6.45) is 13.9. The van der Waals surface area contributed by atoms with E-state index in [1.165, 1.54) is 35.6 Å². The summed E-state index contributed by atoms with van der Waals surface area (Å²) in [5, 5.41) is 11.0. The first kappa shape index (κ1) is 51.7. The van der Waals surface area contributed by atoms with Gasteiger partial charge in [0.15, 0.2) is 0 Å². The third-order valence-corrected chi connectivity index (χ3v) is 14.1. The molecule has 1 unspecified atom stereocenters. The van der Waals surface area contributed by atoms with Crippen LogP contribution in [0.1, 0.15) is 120 Å². The number of amides is 6. The number of carbonyl (C=O) groups excluding carboxylic acids is 7. The number of benzene rings is 3. The predicted molar refractivity (Wildman–Crippen MR) is 257 cm³/mol. The average Bonchev–Trinajstić information content (AvgIpc) is 3.99. The number of fused-ring (bicyclic) bond motifs is 1. The second kappa shape index (κ2) is 26.2. The van der Waals surface area contributed by atoms with Crippen LogP contribution in [-0.4, -0.2) is 103 Å². The third kappa shape index (κ3) is 15.2. The van der Waals surface area contributed by atoms with Crippen molar-refractivity contribution in [2.75, 3.05) is 26.2 Å². The molecule has 0 radical (unpaired) electrons. The molecule has 69 heavy (non-hydrogen) atoms. The molecule has 1 aliphatic carbocycles. The standard InChI is InChI=1S/C51H62N8O9S/c60-45(49(64)55-31-32-56-69(67,68)38-22-9-6-10-23-38)43(34-36-18-7-5-8-19-36)58-48(63)42(27-17-28-54-47(62)44-35-52-29-30-53-44)57-46(61)39(37-20-12-13-21-37)24-11-3-1-2-4-16-33-59-50(65)40-25-14-15-26-41(40)51(59)66/h5-10,14-15,18-19,22-23,25-26,29-30,35,37,39,42-43,56H,1-4,11-13,16-17,20-21,24,27-28,31-34H2,(H,54,62)(H,55,64)(H,57,61)(H,58,63)/t39?,42-,43-/m0/s1. The molecule has 2 heterocycles. The molecule has 18 heteroatoms. The first-order chi connectivity index (χ1) is 33.4. The lowest BCUT2D eigenvalue weighted by atomic mass is 9.85. The molecular formula is C51H62N8O9S. The van der Waals surface area contributed by atoms with E-state index in [2.05, 4.69) is 36.0 Å². The number of nitrogens with one attached hydrogen (secondary N) is 5. The Morgan fingerprint density at radius 3 is 1.94 bits per heavy atom. The van der Waals surface area contributed by atoms with Crippen LogP contribution < -0.4 is 26.0 Å². The van der Waals surface area contributed by atoms with Crippen LogP contribution >= 0.6 is 0 Å². The molecule has 1 saturated carbocycles. The maximum atomic E-state index is 14.3. The van der Waals surface area contributed by atoms with Crippen LogP contribution in [0.5, 0.6) is 0 Å². The van der Waals surface area contributed by atoms with Gasteiger partial charge in [0.05, 0.1) is 22.2 Å². The SMILES string of the molecule is O=C(NCCNS(=O)(=O)c1ccccc1)C(=O)[C@H](Cc1ccccc1)NC(=O)[C@H](CCCNC(=O)c1cnccn1)NC(=O)C(CCCCCCCCN1C(=O)c2ccccc2C1=O)C1CCCC1. The van der Waals surface area contributed by atoms with Gasteiger partial charge in [-0.3, -0.25) is 43.4 Å². The van der Waals surface area contributed by atoms with Crippen molar-refractivity contribution in [3.63, 3.8) is 0 Å². The zero-order chi connectivity index (χ0) is 49.0. The lowest BCUT2D eigenvalue weighted by molar-refractivity contribution is -0.140. The second-order valence-corrected chi connectivity index (χ2v) is 19.3. The van der Waals surface area contributed by atoms with Gasteiger partial charge in [-0.1, -0.05) is 106 Å². The molecular weight excluding hydrogens is 901 g/mol. The minimum Gasteiger partial charge on any atom is -0.351 e. The molecule has 366 valence electrons. The number of nitrogens with zero attached hydrogens (tertiary/aromatic N) is 3. The molecule has 3 atom stereocenters. The van der Waals surface area contributed by atoms with Gasteiger partial charge in [0, 0.05) is 50.9 Å². The van der Waals surface area contributed by atoms with Gasteiger partial charge in [0.25, 0.3) is 23.6 Å². The molecule has 3 aromatic carbocycles. The Morgan fingerprint density at radius 1 is 0.652 bits per heavy atom. The van der Waals surface area contributed by atoms with Crippen molar-refractivity contribution in [1.29, 1.82) is 0 Å². The van der Waals surface area contributed by atoms with Gasteiger partial charge in [-0.05, 0) is 74.3 Å². The van der Waals surface area contributed by atoms with E-state index in [1.54, 1.807) is 72.8 Å². The van der Waals surface area contributed by atoms with Gasteiger partial charge in [0.2, 0.25) is 27.6 Å². The van der Waals surface area contributed by atoms with E-state index in [0.29, 0.717) is 36.1 Å². The summed E-state index contributed by atoms with van der Waals surface area (Å²) >= 11 is 0. The maximum absolute atomic E-state index is 14.3. The molecule has 5 N–H and O–H groups in total. The maximum Gasteiger partial charge on any atom is 0.289 e. The lowest BCUT2D eigenvalue weighted by Crippen LogP contribution is -2.55. The highest BCUT2D eigenvalue weighted by Crippen LogP contribution is 2.35. The first-order valence-corrected chi connectivity index (χ1v) is 25.4. The zero-order valence-electron chi connectivity index (χ0n) is 38.8. The van der Waals surface area contributed by atoms with Gasteiger partial charge in [0.1, 0.15) is 17.8 Å². The molecule has 1 fully saturated rings. The Kier molecular flexibility index (Phi) is 19.6. The summed E-state index contributed by atoms with van der Waals surface area (Å²) in [6, 6.07) is 20.9. The van der Waals surface area contributed by atoms with Crippen molar-refractivity contribution in [2.24, 2.45) is 11.8 Å². The molecule has 2 aliphatic rings. The highest BCUT2D eigenvalue weighted by atomic mass is 32.2. The number of imide groups is 1. The van der Waals surface area contributed by atoms with Crippen molar-refractivity contribution >= 4 is 51.2 Å². The predicted octanol–water partition coefficient (Wildman–Crippen LogP) is 4.70. The van der Waals surface area contributed by atoms with Crippen LogP contribution in [0.4, 0.5) is 0 Å². The fraction of sp³-hybridized carbons (Fsp3) is 0.431. The number of aromatic nitrogens is 2. The Labute approximate surface area is 403 Å². The number of carbonyl (C=O) groups is 7. The Hall–Kier alpha value is -6.66. The van der Waals surface area contributed by atoms with Crippen LogP contribution in [0.3, 0.4) is 0 Å². The van der Waals surface area contributed by atoms with Crippen LogP contribution in [0.2, 0.25) is 0 Å². The number of hydrogen-bond donors (Lipinski definition) is 5. The van der Waals surface area contributed by atoms with Gasteiger partial charge in [-0.15, -0.1) is 0 Å². The fourth-order valence-corrected chi connectivity index (χ4v) is 9.96. The topological polar surface area (TPSA) is 243 Å². The largest absolute Gasteiger partial charge is 0.351 e. The van der Waals surface area contributed by atoms with Gasteiger partial charge >= 0.3 is 0 Å². The third-order valence-electron chi connectivity index (χ3n) is 12.6. The minimum atomic E-state index is -3.86. The lowest BCUT2D eigenvalue weighted by Gasteiger charge is -2.27. The molecule has 0 spiro atoms. The average molecular weight is 963 g/mol. The summed E-state index contributed by atoms with van der Waals surface area (Å²) in [6.45, 7) is 0.108. The number of sulfonamides is 1. The Balaban J connectivity index is 1.06. The van der Waals surface area contributed by atoms with E-state index < -0.39 is 45.6 Å². The summed E-state index contributed by atoms with van der Waals surface area (Å²) in [5.74, 6) is -4.10. The number of hydrogen-bond acceptors (Lipinski definition) is 11. The Morgan fingerprint density at radius 2 is 1.28 bits per heavy atom. The summed E-state index contributed by atoms with van der Waals surface area (Å²) in [4.78, 5) is 103. The number of rotatable bonds is 28. The van der Waals surface area contributed by atoms with E-state index in [0.717, 1.165) is 57.8 Å². The molecule has 0 bridgehead atoms. The second-order valence-electron chi connectivity index (χ2n) is 17.5. The fourth-order valence-electron chi connectivity index (χ4n) is 8.91. The van der Waals surface area contributed by atoms with E-state index >= 15 is 0 Å². The van der Waals surface area contributed by atoms with Crippen LogP contribution in [-0.2, 0) is 35.6 Å². The molecule has 1 aromatic heterocycles. The highest BCUT2D eigenvalue weighted by Gasteiger charge is 2.36. The van der Waals surface area contributed by atoms with Gasteiger partial charge < -0.3 is 21.3 Å². The van der Waals surface area contributed by atoms with Crippen LogP contribution in [0, 0.1) is 11.8 Å². The summed E-state index contributed by atoms with van der Waals surface area (Å²) < 4.78 is 27.7. The van der Waals surface area contributed by atoms with E-state index in [-0.39, 0.29) is 79.0 Å². The van der Waals surface area contributed by atoms with E-state index in [9.17, 15) is 42.0 Å². The van der Waals surface area contributed by atoms with E-state index in [4.69, 9.17) is 0 Å². The van der Waals surface area contributed by atoms with Crippen molar-refractivity contribution in [2.45, 2.75) is 107 Å². The minimum absolute atomic E-state index is 0.0399. The van der Waals surface area contributed by atoms with Crippen molar-refractivity contribution < 1.29 is 42.0 Å². The van der Waals surface area contributed by atoms with Crippen molar-refractivity contribution in [3.05, 3.63) is 126 Å². The van der Waals surface area contributed by atoms with Gasteiger partial charge in [-0.25, -0.2) is 18.1 Å². The molecule has 17 nitrogen and oxygen atoms in total. The van der Waals surface area contributed by atoms with Crippen molar-refractivity contribution in [3.8, 4) is 0 Å². The Bertz CT molecular complexity index is 2460. The number of ketones is 1. The van der Waals surface area contributed by atoms with Crippen LogP contribution in [0.15, 0.2) is 108 Å². The molecule has 1 aliphatic heterocycles. The monoisotopic (exact) mass is 962 g/mol. The zero-order valence-corrected chi connectivity index (χ0v) is 39.6. The smallest absolute Gasteiger partial charge is 0.289 e. The van der Waals surface area contributed by atoms with Gasteiger partial charge in [-0.2, -0.15) is 0 Å². The highest BCUT2D eigenvalue weighted by molar-refractivity contribution is 7.89. The number of Topliss-reactive ketones (excluding diaryl/α,β-unsaturated/α-hetero) is 1.